The number of benzene rings is 1. The van der Waals surface area contributed by atoms with Gasteiger partial charge in [-0.25, -0.2) is 0 Å². The van der Waals surface area contributed by atoms with Crippen LogP contribution in [-0.2, 0) is 16.1 Å². The first kappa shape index (κ1) is 23.2. The Morgan fingerprint density at radius 3 is 2.33 bits per heavy atom. The van der Waals surface area contributed by atoms with Crippen molar-refractivity contribution in [1.29, 1.82) is 0 Å². The normalized spacial score (nSPS) is 15.0. The molecule has 0 spiro atoms. The maximum absolute atomic E-state index is 12.6. The standard InChI is InChI=1S/C19H23N3O3.2ClH/c20-14-19(7-11-24-12-8-19)18(23)22-16-1-3-17(4-2-16)25-13-15-5-9-21-10-6-15;;/h1-6,9-10H,7-8,11-14,20H2,(H,22,23);2*1H. The molecule has 6 nitrogen and oxygen atoms in total. The summed E-state index contributed by atoms with van der Waals surface area (Å²) in [6, 6.07) is 11.2. The fourth-order valence-corrected chi connectivity index (χ4v) is 2.83. The fraction of sp³-hybridized carbons (Fsp3) is 0.368. The summed E-state index contributed by atoms with van der Waals surface area (Å²) in [6.45, 7) is 1.96. The second-order valence-corrected chi connectivity index (χ2v) is 6.22. The average molecular weight is 414 g/mol. The maximum Gasteiger partial charge on any atom is 0.232 e. The van der Waals surface area contributed by atoms with Crippen molar-refractivity contribution in [2.24, 2.45) is 11.1 Å². The Balaban J connectivity index is 0.00000182. The lowest BCUT2D eigenvalue weighted by Gasteiger charge is -2.34. The molecule has 1 saturated heterocycles. The Hall–Kier alpha value is -1.86. The van der Waals surface area contributed by atoms with Crippen LogP contribution in [0.3, 0.4) is 0 Å². The van der Waals surface area contributed by atoms with Crippen LogP contribution in [0.15, 0.2) is 48.8 Å². The molecule has 3 rings (SSSR count). The van der Waals surface area contributed by atoms with Crippen molar-refractivity contribution >= 4 is 36.4 Å². The number of pyridine rings is 1. The maximum atomic E-state index is 12.6. The van der Waals surface area contributed by atoms with Gasteiger partial charge >= 0.3 is 0 Å². The Bertz CT molecular complexity index is 693. The molecule has 0 bridgehead atoms. The molecule has 148 valence electrons. The third kappa shape index (κ3) is 6.07. The van der Waals surface area contributed by atoms with E-state index in [0.29, 0.717) is 39.2 Å². The van der Waals surface area contributed by atoms with Crippen LogP contribution in [0.2, 0.25) is 0 Å². The van der Waals surface area contributed by atoms with E-state index in [1.807, 2.05) is 36.4 Å². The van der Waals surface area contributed by atoms with Crippen LogP contribution in [0.5, 0.6) is 5.75 Å². The molecule has 1 amide bonds. The number of ether oxygens (including phenoxy) is 2. The third-order valence-electron chi connectivity index (χ3n) is 4.59. The van der Waals surface area contributed by atoms with Crippen LogP contribution in [0.1, 0.15) is 18.4 Å². The summed E-state index contributed by atoms with van der Waals surface area (Å²) in [4.78, 5) is 16.6. The van der Waals surface area contributed by atoms with E-state index in [1.54, 1.807) is 12.4 Å². The number of carbonyl (C=O) groups is 1. The van der Waals surface area contributed by atoms with Gasteiger partial charge in [-0.3, -0.25) is 9.78 Å². The van der Waals surface area contributed by atoms with E-state index in [2.05, 4.69) is 10.3 Å². The topological polar surface area (TPSA) is 86.5 Å². The van der Waals surface area contributed by atoms with Crippen molar-refractivity contribution in [3.8, 4) is 5.75 Å². The molecule has 1 aromatic carbocycles. The highest BCUT2D eigenvalue weighted by Crippen LogP contribution is 2.31. The molecule has 27 heavy (non-hydrogen) atoms. The van der Waals surface area contributed by atoms with E-state index in [4.69, 9.17) is 15.2 Å². The monoisotopic (exact) mass is 413 g/mol. The SMILES string of the molecule is Cl.Cl.NCC1(C(=O)Nc2ccc(OCc3ccncc3)cc2)CCOCC1. The van der Waals surface area contributed by atoms with Gasteiger partial charge in [0.2, 0.25) is 5.91 Å². The summed E-state index contributed by atoms with van der Waals surface area (Å²) in [6.07, 6.45) is 4.78. The first-order valence-electron chi connectivity index (χ1n) is 8.43. The smallest absolute Gasteiger partial charge is 0.232 e. The molecule has 1 aliphatic rings. The number of aromatic nitrogens is 1. The van der Waals surface area contributed by atoms with E-state index in [1.165, 1.54) is 0 Å². The number of anilines is 1. The van der Waals surface area contributed by atoms with Gasteiger partial charge in [-0.15, -0.1) is 24.8 Å². The first-order chi connectivity index (χ1) is 12.2. The van der Waals surface area contributed by atoms with Gasteiger partial charge in [-0.05, 0) is 54.8 Å². The molecule has 1 aliphatic heterocycles. The largest absolute Gasteiger partial charge is 0.489 e. The van der Waals surface area contributed by atoms with Crippen molar-refractivity contribution in [3.63, 3.8) is 0 Å². The van der Waals surface area contributed by atoms with Gasteiger partial charge in [0, 0.05) is 37.8 Å². The van der Waals surface area contributed by atoms with Gasteiger partial charge in [0.25, 0.3) is 0 Å². The molecular formula is C19H25Cl2N3O3. The minimum Gasteiger partial charge on any atom is -0.489 e. The fourth-order valence-electron chi connectivity index (χ4n) is 2.83. The summed E-state index contributed by atoms with van der Waals surface area (Å²) in [5.74, 6) is 0.707. The van der Waals surface area contributed by atoms with Crippen molar-refractivity contribution in [2.75, 3.05) is 25.1 Å². The molecule has 0 atom stereocenters. The zero-order valence-corrected chi connectivity index (χ0v) is 16.6. The number of rotatable bonds is 6. The number of amides is 1. The van der Waals surface area contributed by atoms with Crippen LogP contribution in [-0.4, -0.2) is 30.6 Å². The molecule has 8 heteroatoms. The number of hydrogen-bond acceptors (Lipinski definition) is 5. The van der Waals surface area contributed by atoms with Gasteiger partial charge in [0.1, 0.15) is 12.4 Å². The van der Waals surface area contributed by atoms with E-state index in [9.17, 15) is 4.79 Å². The Morgan fingerprint density at radius 2 is 1.74 bits per heavy atom. The lowest BCUT2D eigenvalue weighted by atomic mass is 9.79. The zero-order chi connectivity index (χ0) is 17.5. The highest BCUT2D eigenvalue weighted by atomic mass is 35.5. The van der Waals surface area contributed by atoms with Crippen molar-refractivity contribution in [1.82, 2.24) is 4.98 Å². The highest BCUT2D eigenvalue weighted by Gasteiger charge is 2.38. The minimum atomic E-state index is -0.533. The second kappa shape index (κ2) is 11.1. The van der Waals surface area contributed by atoms with Crippen molar-refractivity contribution in [2.45, 2.75) is 19.4 Å². The summed E-state index contributed by atoms with van der Waals surface area (Å²) in [5, 5.41) is 2.97. The first-order valence-corrected chi connectivity index (χ1v) is 8.43. The van der Waals surface area contributed by atoms with Gasteiger partial charge < -0.3 is 20.5 Å². The number of hydrogen-bond donors (Lipinski definition) is 2. The van der Waals surface area contributed by atoms with Crippen LogP contribution in [0, 0.1) is 5.41 Å². The minimum absolute atomic E-state index is 0. The second-order valence-electron chi connectivity index (χ2n) is 6.22. The van der Waals surface area contributed by atoms with Crippen molar-refractivity contribution in [3.05, 3.63) is 54.4 Å². The number of nitrogens with two attached hydrogens (primary N) is 1. The van der Waals surface area contributed by atoms with E-state index in [0.717, 1.165) is 17.0 Å². The predicted molar refractivity (Wildman–Crippen MR) is 110 cm³/mol. The summed E-state index contributed by atoms with van der Waals surface area (Å²) >= 11 is 0. The quantitative estimate of drug-likeness (QED) is 0.758. The summed E-state index contributed by atoms with van der Waals surface area (Å²) in [5.41, 5.74) is 7.13. The number of nitrogens with one attached hydrogen (secondary N) is 1. The Labute approximate surface area is 171 Å². The Morgan fingerprint density at radius 1 is 1.11 bits per heavy atom. The third-order valence-corrected chi connectivity index (χ3v) is 4.59. The summed E-state index contributed by atoms with van der Waals surface area (Å²) in [7, 11) is 0. The lowest BCUT2D eigenvalue weighted by molar-refractivity contribution is -0.130. The molecule has 0 radical (unpaired) electrons. The van der Waals surface area contributed by atoms with E-state index in [-0.39, 0.29) is 30.7 Å². The van der Waals surface area contributed by atoms with Crippen LogP contribution in [0.25, 0.3) is 0 Å². The number of carbonyl (C=O) groups excluding carboxylic acids is 1. The highest BCUT2D eigenvalue weighted by molar-refractivity contribution is 5.95. The zero-order valence-electron chi connectivity index (χ0n) is 14.9. The average Bonchev–Trinajstić information content (AvgIpc) is 2.68. The van der Waals surface area contributed by atoms with E-state index >= 15 is 0 Å². The van der Waals surface area contributed by atoms with E-state index < -0.39 is 5.41 Å². The molecule has 0 aliphatic carbocycles. The molecule has 1 aromatic heterocycles. The molecule has 2 aromatic rings. The molecular weight excluding hydrogens is 389 g/mol. The van der Waals surface area contributed by atoms with Crippen LogP contribution >= 0.6 is 24.8 Å². The molecule has 0 unspecified atom stereocenters. The van der Waals surface area contributed by atoms with Gasteiger partial charge in [-0.1, -0.05) is 0 Å². The molecule has 0 saturated carbocycles. The van der Waals surface area contributed by atoms with Crippen LogP contribution in [0.4, 0.5) is 5.69 Å². The van der Waals surface area contributed by atoms with Crippen LogP contribution < -0.4 is 15.8 Å². The predicted octanol–water partition coefficient (Wildman–Crippen LogP) is 3.20. The molecule has 1 fully saturated rings. The Kier molecular flexibility index (Phi) is 9.52. The molecule has 3 N–H and O–H groups in total. The van der Waals surface area contributed by atoms with Gasteiger partial charge in [0.05, 0.1) is 5.41 Å². The lowest BCUT2D eigenvalue weighted by Crippen LogP contribution is -2.46. The number of halogens is 2. The van der Waals surface area contributed by atoms with Gasteiger partial charge in [0.15, 0.2) is 0 Å². The van der Waals surface area contributed by atoms with Crippen molar-refractivity contribution < 1.29 is 14.3 Å². The number of nitrogens with zero attached hydrogens (tertiary/aromatic N) is 1. The molecule has 2 heterocycles. The summed E-state index contributed by atoms with van der Waals surface area (Å²) < 4.78 is 11.1. The van der Waals surface area contributed by atoms with Gasteiger partial charge in [-0.2, -0.15) is 0 Å².